The van der Waals surface area contributed by atoms with E-state index >= 15 is 0 Å². The Morgan fingerprint density at radius 1 is 1.12 bits per heavy atom. The molecule has 0 amide bonds. The van der Waals surface area contributed by atoms with E-state index in [0.717, 1.165) is 24.4 Å². The Labute approximate surface area is 140 Å². The second kappa shape index (κ2) is 5.37. The van der Waals surface area contributed by atoms with Crippen LogP contribution < -0.4 is 4.90 Å². The first-order chi connectivity index (χ1) is 11.9. The lowest BCUT2D eigenvalue weighted by atomic mass is 9.94. The Morgan fingerprint density at radius 3 is 3.12 bits per heavy atom. The zero-order valence-electron chi connectivity index (χ0n) is 13.4. The number of fused-ring (bicyclic) bond motifs is 2. The fraction of sp³-hybridized carbons (Fsp3) is 0.263. The molecule has 0 spiro atoms. The first-order valence-corrected chi connectivity index (χ1v) is 8.49. The maximum absolute atomic E-state index is 4.56. The van der Waals surface area contributed by atoms with Crippen LogP contribution in [0.2, 0.25) is 0 Å². The normalized spacial score (nSPS) is 18.5. The quantitative estimate of drug-likeness (QED) is 0.614. The molecule has 1 N–H and O–H groups in total. The van der Waals surface area contributed by atoms with Crippen LogP contribution in [0, 0.1) is 0 Å². The molecule has 1 fully saturated rings. The summed E-state index contributed by atoms with van der Waals surface area (Å²) in [5.74, 6) is 0.498. The average Bonchev–Trinajstić information content (AvgIpc) is 3.28. The Hall–Kier alpha value is -2.82. The van der Waals surface area contributed by atoms with E-state index in [1.54, 1.807) is 0 Å². The molecule has 0 radical (unpaired) electrons. The van der Waals surface area contributed by atoms with Gasteiger partial charge in [0, 0.05) is 60.6 Å². The molecule has 0 aromatic carbocycles. The molecule has 5 heterocycles. The molecule has 5 rings (SSSR count). The van der Waals surface area contributed by atoms with Crippen LogP contribution in [0.3, 0.4) is 0 Å². The van der Waals surface area contributed by atoms with Crippen molar-refractivity contribution in [3.8, 4) is 0 Å². The predicted molar refractivity (Wildman–Crippen MR) is 95.5 cm³/mol. The van der Waals surface area contributed by atoms with Crippen molar-refractivity contribution in [3.05, 3.63) is 60.8 Å². The molecule has 0 saturated carbocycles. The van der Waals surface area contributed by atoms with Crippen molar-refractivity contribution >= 4 is 22.4 Å². The maximum atomic E-state index is 4.56. The zero-order valence-corrected chi connectivity index (χ0v) is 13.4. The van der Waals surface area contributed by atoms with Gasteiger partial charge in [-0.05, 0) is 37.1 Å². The van der Waals surface area contributed by atoms with E-state index in [0.29, 0.717) is 5.92 Å². The van der Waals surface area contributed by atoms with Crippen LogP contribution in [0.15, 0.2) is 55.1 Å². The molecular weight excluding hydrogens is 298 g/mol. The molecule has 1 unspecified atom stereocenters. The van der Waals surface area contributed by atoms with Gasteiger partial charge in [0.1, 0.15) is 11.3 Å². The maximum Gasteiger partial charge on any atom is 0.139 e. The molecule has 1 atom stereocenters. The van der Waals surface area contributed by atoms with E-state index in [9.17, 15) is 0 Å². The van der Waals surface area contributed by atoms with Crippen molar-refractivity contribution in [2.45, 2.75) is 18.8 Å². The van der Waals surface area contributed by atoms with E-state index in [1.165, 1.54) is 29.6 Å². The van der Waals surface area contributed by atoms with Gasteiger partial charge in [0.25, 0.3) is 0 Å². The summed E-state index contributed by atoms with van der Waals surface area (Å²) in [4.78, 5) is 14.7. The smallest absolute Gasteiger partial charge is 0.139 e. The third kappa shape index (κ3) is 2.08. The standard InChI is InChI=1S/C19H19N5/c1-2-11-24-17(12-22-18(24)5-1)14-4-3-10-23(13-14)16-7-9-21-19-15(16)6-8-20-19/h1-2,5-9,11-12,14H,3-4,10,13H2,(H,20,21). The minimum absolute atomic E-state index is 0.498. The predicted octanol–water partition coefficient (Wildman–Crippen LogP) is 3.59. The van der Waals surface area contributed by atoms with Gasteiger partial charge in [-0.15, -0.1) is 0 Å². The number of pyridine rings is 2. The summed E-state index contributed by atoms with van der Waals surface area (Å²) >= 11 is 0. The molecule has 5 nitrogen and oxygen atoms in total. The topological polar surface area (TPSA) is 49.2 Å². The lowest BCUT2D eigenvalue weighted by Crippen LogP contribution is -2.34. The summed E-state index contributed by atoms with van der Waals surface area (Å²) in [6.07, 6.45) is 10.4. The second-order valence-electron chi connectivity index (χ2n) is 6.47. The van der Waals surface area contributed by atoms with Crippen LogP contribution in [-0.4, -0.2) is 32.4 Å². The monoisotopic (exact) mass is 317 g/mol. The molecule has 4 aromatic rings. The van der Waals surface area contributed by atoms with Crippen LogP contribution in [0.1, 0.15) is 24.5 Å². The van der Waals surface area contributed by atoms with Gasteiger partial charge in [-0.25, -0.2) is 9.97 Å². The first-order valence-electron chi connectivity index (χ1n) is 8.49. The van der Waals surface area contributed by atoms with Crippen LogP contribution >= 0.6 is 0 Å². The first kappa shape index (κ1) is 13.6. The molecule has 120 valence electrons. The Balaban J connectivity index is 1.51. The number of nitrogens with one attached hydrogen (secondary N) is 1. The van der Waals surface area contributed by atoms with E-state index in [1.807, 2.05) is 24.7 Å². The summed E-state index contributed by atoms with van der Waals surface area (Å²) in [6, 6.07) is 10.4. The highest BCUT2D eigenvalue weighted by molar-refractivity contribution is 5.89. The van der Waals surface area contributed by atoms with E-state index in [-0.39, 0.29) is 0 Å². The lowest BCUT2D eigenvalue weighted by Gasteiger charge is -2.34. The van der Waals surface area contributed by atoms with Crippen LogP contribution in [0.25, 0.3) is 16.7 Å². The molecule has 0 aliphatic carbocycles. The van der Waals surface area contributed by atoms with E-state index in [4.69, 9.17) is 0 Å². The fourth-order valence-electron chi connectivity index (χ4n) is 3.91. The Kier molecular flexibility index (Phi) is 3.04. The number of piperidine rings is 1. The summed E-state index contributed by atoms with van der Waals surface area (Å²) < 4.78 is 2.23. The molecule has 24 heavy (non-hydrogen) atoms. The van der Waals surface area contributed by atoms with Gasteiger partial charge in [-0.2, -0.15) is 0 Å². The van der Waals surface area contributed by atoms with Gasteiger partial charge in [-0.3, -0.25) is 0 Å². The van der Waals surface area contributed by atoms with Gasteiger partial charge >= 0.3 is 0 Å². The average molecular weight is 317 g/mol. The highest BCUT2D eigenvalue weighted by Crippen LogP contribution is 2.33. The number of imidazole rings is 1. The number of aromatic amines is 1. The van der Waals surface area contributed by atoms with Gasteiger partial charge < -0.3 is 14.3 Å². The summed E-state index contributed by atoms with van der Waals surface area (Å²) in [7, 11) is 0. The lowest BCUT2D eigenvalue weighted by molar-refractivity contribution is 0.500. The number of rotatable bonds is 2. The van der Waals surface area contributed by atoms with Crippen molar-refractivity contribution in [1.29, 1.82) is 0 Å². The van der Waals surface area contributed by atoms with Crippen molar-refractivity contribution in [1.82, 2.24) is 19.4 Å². The number of anilines is 1. The SMILES string of the molecule is c1ccn2c(C3CCCN(c4ccnc5[nH]ccc45)C3)cnc2c1. The highest BCUT2D eigenvalue weighted by atomic mass is 15.1. The number of hydrogen-bond acceptors (Lipinski definition) is 3. The minimum Gasteiger partial charge on any atom is -0.370 e. The van der Waals surface area contributed by atoms with E-state index in [2.05, 4.69) is 54.7 Å². The summed E-state index contributed by atoms with van der Waals surface area (Å²) in [5.41, 5.74) is 4.58. The van der Waals surface area contributed by atoms with E-state index < -0.39 is 0 Å². The highest BCUT2D eigenvalue weighted by Gasteiger charge is 2.25. The molecule has 1 aliphatic rings. The Morgan fingerprint density at radius 2 is 2.12 bits per heavy atom. The summed E-state index contributed by atoms with van der Waals surface area (Å²) in [6.45, 7) is 2.12. The number of nitrogens with zero attached hydrogens (tertiary/aromatic N) is 4. The van der Waals surface area contributed by atoms with Crippen LogP contribution in [-0.2, 0) is 0 Å². The zero-order chi connectivity index (χ0) is 15.9. The largest absolute Gasteiger partial charge is 0.370 e. The second-order valence-corrected chi connectivity index (χ2v) is 6.47. The Bertz CT molecular complexity index is 999. The van der Waals surface area contributed by atoms with Crippen LogP contribution in [0.4, 0.5) is 5.69 Å². The molecule has 4 aromatic heterocycles. The molecular formula is C19H19N5. The van der Waals surface area contributed by atoms with Gasteiger partial charge in [0.05, 0.1) is 0 Å². The van der Waals surface area contributed by atoms with Gasteiger partial charge in [0.15, 0.2) is 0 Å². The molecule has 0 bridgehead atoms. The molecule has 1 aliphatic heterocycles. The molecule has 1 saturated heterocycles. The van der Waals surface area contributed by atoms with Crippen LogP contribution in [0.5, 0.6) is 0 Å². The number of aromatic nitrogens is 4. The molecule has 5 heteroatoms. The van der Waals surface area contributed by atoms with Crippen molar-refractivity contribution < 1.29 is 0 Å². The van der Waals surface area contributed by atoms with Crippen molar-refractivity contribution in [2.75, 3.05) is 18.0 Å². The minimum atomic E-state index is 0.498. The third-order valence-electron chi connectivity index (χ3n) is 5.06. The van der Waals surface area contributed by atoms with Gasteiger partial charge in [0.2, 0.25) is 0 Å². The van der Waals surface area contributed by atoms with Gasteiger partial charge in [-0.1, -0.05) is 6.07 Å². The number of hydrogen-bond donors (Lipinski definition) is 1. The number of H-pyrrole nitrogens is 1. The van der Waals surface area contributed by atoms with Crippen molar-refractivity contribution in [3.63, 3.8) is 0 Å². The van der Waals surface area contributed by atoms with Crippen molar-refractivity contribution in [2.24, 2.45) is 0 Å². The third-order valence-corrected chi connectivity index (χ3v) is 5.06. The summed E-state index contributed by atoms with van der Waals surface area (Å²) in [5, 5.41) is 1.20. The fourth-order valence-corrected chi connectivity index (χ4v) is 3.91.